The summed E-state index contributed by atoms with van der Waals surface area (Å²) in [5, 5.41) is 4.36. The van der Waals surface area contributed by atoms with Crippen molar-refractivity contribution in [3.63, 3.8) is 0 Å². The zero-order valence-corrected chi connectivity index (χ0v) is 16.1. The van der Waals surface area contributed by atoms with Crippen LogP contribution >= 0.6 is 27.5 Å². The highest BCUT2D eigenvalue weighted by molar-refractivity contribution is 9.10. The molecule has 0 radical (unpaired) electrons. The van der Waals surface area contributed by atoms with Crippen LogP contribution in [0.3, 0.4) is 0 Å². The Bertz CT molecular complexity index is 908. The fraction of sp³-hybridized carbons (Fsp3) is 0.211. The molecule has 0 bridgehead atoms. The van der Waals surface area contributed by atoms with Crippen LogP contribution in [-0.2, 0) is 11.2 Å². The van der Waals surface area contributed by atoms with Gasteiger partial charge in [0.1, 0.15) is 11.2 Å². The van der Waals surface area contributed by atoms with Crippen molar-refractivity contribution < 1.29 is 9.63 Å². The van der Waals surface area contributed by atoms with E-state index in [1.54, 1.807) is 16.9 Å². The van der Waals surface area contributed by atoms with Crippen molar-refractivity contribution in [3.8, 4) is 0 Å². The molecule has 6 heteroatoms. The van der Waals surface area contributed by atoms with Gasteiger partial charge >= 0.3 is 0 Å². The average Bonchev–Trinajstić information content (AvgIpc) is 2.87. The second-order valence-corrected chi connectivity index (χ2v) is 6.78. The Labute approximate surface area is 159 Å². The zero-order chi connectivity index (χ0) is 17.8. The summed E-state index contributed by atoms with van der Waals surface area (Å²) < 4.78 is 2.51. The number of rotatable bonds is 6. The van der Waals surface area contributed by atoms with Crippen LogP contribution in [0.25, 0.3) is 10.9 Å². The van der Waals surface area contributed by atoms with Gasteiger partial charge in [0.25, 0.3) is 0 Å². The Morgan fingerprint density at radius 2 is 1.92 bits per heavy atom. The number of carbonyl (C=O) groups excluding carboxylic acids is 1. The molecule has 0 saturated heterocycles. The number of aromatic nitrogens is 1. The third-order valence-electron chi connectivity index (χ3n) is 3.79. The van der Waals surface area contributed by atoms with E-state index in [1.165, 1.54) is 0 Å². The molecule has 130 valence electrons. The van der Waals surface area contributed by atoms with Crippen molar-refractivity contribution in [1.29, 1.82) is 0 Å². The highest BCUT2D eigenvalue weighted by Crippen LogP contribution is 2.30. The molecule has 0 aliphatic rings. The van der Waals surface area contributed by atoms with Gasteiger partial charge in [-0.2, -0.15) is 4.73 Å². The van der Waals surface area contributed by atoms with Crippen molar-refractivity contribution in [2.75, 3.05) is 11.9 Å². The van der Waals surface area contributed by atoms with Crippen LogP contribution in [0.5, 0.6) is 0 Å². The highest BCUT2D eigenvalue weighted by Gasteiger charge is 2.19. The lowest BCUT2D eigenvalue weighted by molar-refractivity contribution is -0.115. The average molecular weight is 422 g/mol. The predicted octanol–water partition coefficient (Wildman–Crippen LogP) is 5.08. The zero-order valence-electron chi connectivity index (χ0n) is 13.8. The number of hydrogen-bond acceptors (Lipinski definition) is 2. The number of benzene rings is 2. The van der Waals surface area contributed by atoms with Crippen molar-refractivity contribution in [2.45, 2.75) is 19.8 Å². The summed E-state index contributed by atoms with van der Waals surface area (Å²) in [6, 6.07) is 15.1. The summed E-state index contributed by atoms with van der Waals surface area (Å²) in [5.74, 6) is -0.132. The maximum Gasteiger partial charge on any atom is 0.228 e. The quantitative estimate of drug-likeness (QED) is 0.603. The summed E-state index contributed by atoms with van der Waals surface area (Å²) in [4.78, 5) is 18.3. The number of halogens is 2. The maximum absolute atomic E-state index is 12.5. The van der Waals surface area contributed by atoms with Gasteiger partial charge < -0.3 is 10.2 Å². The van der Waals surface area contributed by atoms with Gasteiger partial charge in [-0.05, 0) is 40.5 Å². The minimum Gasteiger partial charge on any atom is -0.413 e. The molecule has 0 saturated carbocycles. The van der Waals surface area contributed by atoms with E-state index in [1.807, 2.05) is 36.4 Å². The first kappa shape index (κ1) is 17.8. The SMILES string of the molecule is CCCOn1c(Br)c(CC(=O)Nc2ccccc2Cl)c2ccccc21. The highest BCUT2D eigenvalue weighted by atomic mass is 79.9. The molecule has 3 aromatic rings. The molecule has 3 rings (SSSR count). The van der Waals surface area contributed by atoms with E-state index in [0.29, 0.717) is 17.3 Å². The molecule has 1 heterocycles. The molecule has 25 heavy (non-hydrogen) atoms. The van der Waals surface area contributed by atoms with Gasteiger partial charge in [-0.1, -0.05) is 48.9 Å². The molecule has 0 aliphatic heterocycles. The monoisotopic (exact) mass is 420 g/mol. The van der Waals surface area contributed by atoms with Crippen molar-refractivity contribution >= 4 is 50.0 Å². The van der Waals surface area contributed by atoms with E-state index in [0.717, 1.165) is 27.5 Å². The van der Waals surface area contributed by atoms with Crippen LogP contribution in [0, 0.1) is 0 Å². The molecular weight excluding hydrogens is 404 g/mol. The predicted molar refractivity (Wildman–Crippen MR) is 105 cm³/mol. The summed E-state index contributed by atoms with van der Waals surface area (Å²) in [5.41, 5.74) is 2.43. The molecule has 4 nitrogen and oxygen atoms in total. The van der Waals surface area contributed by atoms with E-state index in [9.17, 15) is 4.79 Å². The van der Waals surface area contributed by atoms with Crippen LogP contribution < -0.4 is 10.2 Å². The second-order valence-electron chi connectivity index (χ2n) is 5.62. The lowest BCUT2D eigenvalue weighted by atomic mass is 10.1. The minimum absolute atomic E-state index is 0.132. The molecular formula is C19H18BrClN2O2. The Morgan fingerprint density at radius 3 is 2.68 bits per heavy atom. The molecule has 0 fully saturated rings. The minimum atomic E-state index is -0.132. The van der Waals surface area contributed by atoms with Crippen molar-refractivity contribution in [1.82, 2.24) is 4.73 Å². The fourth-order valence-electron chi connectivity index (χ4n) is 2.64. The molecule has 0 unspecified atom stereocenters. The summed E-state index contributed by atoms with van der Waals surface area (Å²) in [6.45, 7) is 2.65. The standard InChI is InChI=1S/C19H18BrClN2O2/c1-2-11-25-23-17-10-6-3-7-13(17)14(19(23)20)12-18(24)22-16-9-5-4-8-15(16)21/h3-10H,2,11-12H2,1H3,(H,22,24). The first-order chi connectivity index (χ1) is 12.1. The Morgan fingerprint density at radius 1 is 1.20 bits per heavy atom. The largest absolute Gasteiger partial charge is 0.413 e. The molecule has 0 atom stereocenters. The Balaban J connectivity index is 1.89. The van der Waals surface area contributed by atoms with E-state index >= 15 is 0 Å². The Hall–Kier alpha value is -1.98. The Kier molecular flexibility index (Phi) is 5.66. The molecule has 0 aliphatic carbocycles. The van der Waals surface area contributed by atoms with Crippen LogP contribution in [0.2, 0.25) is 5.02 Å². The first-order valence-electron chi connectivity index (χ1n) is 8.07. The third-order valence-corrected chi connectivity index (χ3v) is 4.92. The number of hydrogen-bond donors (Lipinski definition) is 1. The van der Waals surface area contributed by atoms with Crippen molar-refractivity contribution in [2.24, 2.45) is 0 Å². The van der Waals surface area contributed by atoms with Gasteiger partial charge in [-0.15, -0.1) is 0 Å². The van der Waals surface area contributed by atoms with Gasteiger partial charge in [0.05, 0.1) is 22.6 Å². The number of para-hydroxylation sites is 2. The number of nitrogens with zero attached hydrogens (tertiary/aromatic N) is 1. The molecule has 1 N–H and O–H groups in total. The van der Waals surface area contributed by atoms with E-state index in [2.05, 4.69) is 28.2 Å². The lowest BCUT2D eigenvalue weighted by Gasteiger charge is -2.09. The molecule has 0 spiro atoms. The van der Waals surface area contributed by atoms with E-state index < -0.39 is 0 Å². The van der Waals surface area contributed by atoms with E-state index in [4.69, 9.17) is 16.4 Å². The number of nitrogens with one attached hydrogen (secondary N) is 1. The molecule has 2 aromatic carbocycles. The molecule has 1 aromatic heterocycles. The van der Waals surface area contributed by atoms with Gasteiger partial charge in [0, 0.05) is 10.9 Å². The lowest BCUT2D eigenvalue weighted by Crippen LogP contribution is -2.16. The topological polar surface area (TPSA) is 43.3 Å². The van der Waals surface area contributed by atoms with Crippen LogP contribution in [0.1, 0.15) is 18.9 Å². The van der Waals surface area contributed by atoms with Gasteiger partial charge in [0.15, 0.2) is 0 Å². The van der Waals surface area contributed by atoms with E-state index in [-0.39, 0.29) is 12.3 Å². The van der Waals surface area contributed by atoms with Gasteiger partial charge in [0.2, 0.25) is 5.91 Å². The second kappa shape index (κ2) is 7.93. The number of anilines is 1. The number of amides is 1. The van der Waals surface area contributed by atoms with Crippen LogP contribution in [0.15, 0.2) is 53.1 Å². The van der Waals surface area contributed by atoms with Crippen molar-refractivity contribution in [3.05, 3.63) is 63.7 Å². The summed E-state index contributed by atoms with van der Waals surface area (Å²) in [7, 11) is 0. The molecule has 1 amide bonds. The van der Waals surface area contributed by atoms with Crippen LogP contribution in [-0.4, -0.2) is 17.2 Å². The first-order valence-corrected chi connectivity index (χ1v) is 9.24. The fourth-order valence-corrected chi connectivity index (χ4v) is 3.47. The smallest absolute Gasteiger partial charge is 0.228 e. The number of carbonyl (C=O) groups is 1. The normalized spacial score (nSPS) is 10.8. The summed E-state index contributed by atoms with van der Waals surface area (Å²) in [6.07, 6.45) is 1.12. The van der Waals surface area contributed by atoms with Gasteiger partial charge in [-0.25, -0.2) is 0 Å². The summed E-state index contributed by atoms with van der Waals surface area (Å²) >= 11 is 9.70. The number of fused-ring (bicyclic) bond motifs is 1. The maximum atomic E-state index is 12.5. The third kappa shape index (κ3) is 3.83. The van der Waals surface area contributed by atoms with Gasteiger partial charge in [-0.3, -0.25) is 4.79 Å². The van der Waals surface area contributed by atoms with Crippen LogP contribution in [0.4, 0.5) is 5.69 Å².